The Balaban J connectivity index is 0.00000243. The molecule has 2 amide bonds. The van der Waals surface area contributed by atoms with Crippen molar-refractivity contribution in [3.05, 3.63) is 33.5 Å². The van der Waals surface area contributed by atoms with Crippen LogP contribution in [0.3, 0.4) is 0 Å². The first-order valence-electron chi connectivity index (χ1n) is 8.28. The summed E-state index contributed by atoms with van der Waals surface area (Å²) in [5.41, 5.74) is 8.25. The number of nitrogens with two attached hydrogens (primary N) is 1. The highest BCUT2D eigenvalue weighted by Gasteiger charge is 2.27. The van der Waals surface area contributed by atoms with Crippen molar-refractivity contribution < 1.29 is 9.59 Å². The number of halogens is 1. The number of thiophene rings is 1. The maximum absolute atomic E-state index is 12.6. The lowest BCUT2D eigenvalue weighted by Gasteiger charge is -2.22. The van der Waals surface area contributed by atoms with E-state index in [9.17, 15) is 9.59 Å². The van der Waals surface area contributed by atoms with Crippen molar-refractivity contribution in [2.45, 2.75) is 39.8 Å². The minimum absolute atomic E-state index is 0. The van der Waals surface area contributed by atoms with Crippen LogP contribution in [0.4, 0.5) is 5.00 Å². The van der Waals surface area contributed by atoms with Crippen molar-refractivity contribution in [1.29, 1.82) is 0 Å². The van der Waals surface area contributed by atoms with Crippen LogP contribution < -0.4 is 11.1 Å². The van der Waals surface area contributed by atoms with Gasteiger partial charge in [-0.2, -0.15) is 5.10 Å². The monoisotopic (exact) mass is 397 g/mol. The topological polar surface area (TPSA) is 93.2 Å². The summed E-state index contributed by atoms with van der Waals surface area (Å²) in [6.45, 7) is 7.57. The largest absolute Gasteiger partial charge is 0.365 e. The van der Waals surface area contributed by atoms with Gasteiger partial charge in [-0.15, -0.1) is 23.7 Å². The maximum Gasteiger partial charge on any atom is 0.276 e. The zero-order chi connectivity index (χ0) is 18.3. The average Bonchev–Trinajstić information content (AvgIpc) is 3.07. The number of primary amides is 1. The van der Waals surface area contributed by atoms with Crippen molar-refractivity contribution in [2.24, 2.45) is 5.73 Å². The molecule has 3 N–H and O–H groups in total. The fourth-order valence-corrected chi connectivity index (χ4v) is 4.50. The third kappa shape index (κ3) is 3.77. The third-order valence-electron chi connectivity index (χ3n) is 4.37. The number of nitrogens with one attached hydrogen (secondary N) is 1. The Bertz CT molecular complexity index is 843. The van der Waals surface area contributed by atoms with E-state index in [0.717, 1.165) is 35.6 Å². The quantitative estimate of drug-likeness (QED) is 0.829. The summed E-state index contributed by atoms with van der Waals surface area (Å²) < 4.78 is 1.80. The van der Waals surface area contributed by atoms with E-state index in [1.54, 1.807) is 10.7 Å². The van der Waals surface area contributed by atoms with Crippen LogP contribution in [0, 0.1) is 6.92 Å². The number of likely N-dealkylation sites (N-methyl/N-ethyl adjacent to an activating group) is 1. The summed E-state index contributed by atoms with van der Waals surface area (Å²) in [4.78, 5) is 27.8. The van der Waals surface area contributed by atoms with Crippen molar-refractivity contribution in [3.8, 4) is 0 Å². The summed E-state index contributed by atoms with van der Waals surface area (Å²) in [5.74, 6) is -0.821. The number of carbonyl (C=O) groups is 2. The molecule has 0 aliphatic carbocycles. The predicted octanol–water partition coefficient (Wildman–Crippen LogP) is 2.59. The first kappa shape index (κ1) is 20.4. The summed E-state index contributed by atoms with van der Waals surface area (Å²) in [7, 11) is 2.03. The highest BCUT2D eigenvalue weighted by molar-refractivity contribution is 7.17. The number of carbonyl (C=O) groups excluding carboxylic acids is 2. The molecule has 9 heteroatoms. The normalized spacial score (nSPS) is 14.0. The highest BCUT2D eigenvalue weighted by Crippen LogP contribution is 2.36. The smallest absolute Gasteiger partial charge is 0.276 e. The second-order valence-corrected chi connectivity index (χ2v) is 7.83. The molecule has 0 unspecified atom stereocenters. The van der Waals surface area contributed by atoms with Crippen LogP contribution >= 0.6 is 23.7 Å². The van der Waals surface area contributed by atoms with Crippen molar-refractivity contribution in [3.63, 3.8) is 0 Å². The molecule has 3 heterocycles. The lowest BCUT2D eigenvalue weighted by molar-refractivity contribution is 0.1000. The standard InChI is InChI=1S/C17H23N5O2S.ClH/c1-9(2)22-10(3)7-12(20-22)16(24)19-17-14(15(18)23)11-5-6-21(4)8-13(11)25-17;/h7,9H,5-6,8H2,1-4H3,(H2,18,23)(H,19,24);1H. The van der Waals surface area contributed by atoms with E-state index in [2.05, 4.69) is 15.3 Å². The zero-order valence-electron chi connectivity index (χ0n) is 15.3. The SMILES string of the molecule is Cc1cc(C(=O)Nc2sc3c(c2C(N)=O)CCN(C)C3)nn1C(C)C.Cl. The van der Waals surface area contributed by atoms with E-state index in [0.29, 0.717) is 16.3 Å². The van der Waals surface area contributed by atoms with E-state index in [1.165, 1.54) is 11.3 Å². The van der Waals surface area contributed by atoms with Gasteiger partial charge in [0.15, 0.2) is 5.69 Å². The number of fused-ring (bicyclic) bond motifs is 1. The van der Waals surface area contributed by atoms with Gasteiger partial charge in [-0.3, -0.25) is 14.3 Å². The van der Waals surface area contributed by atoms with Crippen LogP contribution in [-0.2, 0) is 13.0 Å². The number of hydrogen-bond acceptors (Lipinski definition) is 5. The number of amides is 2. The molecule has 142 valence electrons. The molecule has 0 radical (unpaired) electrons. The van der Waals surface area contributed by atoms with Crippen molar-refractivity contribution in [1.82, 2.24) is 14.7 Å². The van der Waals surface area contributed by atoms with Crippen molar-refractivity contribution >= 4 is 40.6 Å². The molecule has 0 bridgehead atoms. The molecule has 3 rings (SSSR count). The molecule has 2 aromatic heterocycles. The Hall–Kier alpha value is -1.90. The van der Waals surface area contributed by atoms with Gasteiger partial charge in [-0.25, -0.2) is 0 Å². The molecular formula is C17H24ClN5O2S. The summed E-state index contributed by atoms with van der Waals surface area (Å²) in [6, 6.07) is 1.92. The highest BCUT2D eigenvalue weighted by atomic mass is 35.5. The number of aryl methyl sites for hydroxylation is 1. The summed E-state index contributed by atoms with van der Waals surface area (Å²) in [6.07, 6.45) is 0.761. The van der Waals surface area contributed by atoms with Gasteiger partial charge in [0.05, 0.1) is 5.56 Å². The number of aromatic nitrogens is 2. The number of nitrogens with zero attached hydrogens (tertiary/aromatic N) is 3. The lowest BCUT2D eigenvalue weighted by atomic mass is 10.0. The van der Waals surface area contributed by atoms with Gasteiger partial charge in [0.25, 0.3) is 11.8 Å². The Kier molecular flexibility index (Phi) is 6.10. The maximum atomic E-state index is 12.6. The van der Waals surface area contributed by atoms with Gasteiger partial charge < -0.3 is 16.0 Å². The van der Waals surface area contributed by atoms with Gasteiger partial charge in [0.1, 0.15) is 5.00 Å². The fourth-order valence-electron chi connectivity index (χ4n) is 3.17. The van der Waals surface area contributed by atoms with E-state index in [-0.39, 0.29) is 24.4 Å². The average molecular weight is 398 g/mol. The third-order valence-corrected chi connectivity index (χ3v) is 5.50. The lowest BCUT2D eigenvalue weighted by Crippen LogP contribution is -2.27. The Morgan fingerprint density at radius 2 is 2.08 bits per heavy atom. The predicted molar refractivity (Wildman–Crippen MR) is 105 cm³/mol. The van der Waals surface area contributed by atoms with E-state index in [1.807, 2.05) is 27.8 Å². The summed E-state index contributed by atoms with van der Waals surface area (Å²) >= 11 is 1.43. The van der Waals surface area contributed by atoms with Gasteiger partial charge in [0, 0.05) is 29.7 Å². The van der Waals surface area contributed by atoms with Crippen LogP contribution in [0.25, 0.3) is 0 Å². The molecule has 0 saturated heterocycles. The zero-order valence-corrected chi connectivity index (χ0v) is 17.0. The Morgan fingerprint density at radius 3 is 2.65 bits per heavy atom. The van der Waals surface area contributed by atoms with Gasteiger partial charge in [-0.1, -0.05) is 0 Å². The second kappa shape index (κ2) is 7.77. The first-order chi connectivity index (χ1) is 11.8. The molecule has 1 aliphatic rings. The molecular weight excluding hydrogens is 374 g/mol. The van der Waals surface area contributed by atoms with Crippen LogP contribution in [-0.4, -0.2) is 40.1 Å². The molecule has 26 heavy (non-hydrogen) atoms. The number of rotatable bonds is 4. The molecule has 0 spiro atoms. The van der Waals surface area contributed by atoms with Crippen LogP contribution in [0.5, 0.6) is 0 Å². The van der Waals surface area contributed by atoms with Gasteiger partial charge in [-0.05, 0) is 45.9 Å². The Morgan fingerprint density at radius 1 is 1.38 bits per heavy atom. The molecule has 0 saturated carbocycles. The van der Waals surface area contributed by atoms with Gasteiger partial charge in [0.2, 0.25) is 0 Å². The first-order valence-corrected chi connectivity index (χ1v) is 9.10. The molecule has 1 aliphatic heterocycles. The minimum atomic E-state index is -0.499. The van der Waals surface area contributed by atoms with Crippen molar-refractivity contribution in [2.75, 3.05) is 18.9 Å². The molecule has 7 nitrogen and oxygen atoms in total. The van der Waals surface area contributed by atoms with E-state index in [4.69, 9.17) is 5.73 Å². The molecule has 0 atom stereocenters. The minimum Gasteiger partial charge on any atom is -0.365 e. The summed E-state index contributed by atoms with van der Waals surface area (Å²) in [5, 5.41) is 7.73. The van der Waals surface area contributed by atoms with E-state index < -0.39 is 5.91 Å². The fraction of sp³-hybridized carbons (Fsp3) is 0.471. The van der Waals surface area contributed by atoms with E-state index >= 15 is 0 Å². The second-order valence-electron chi connectivity index (χ2n) is 6.72. The molecule has 0 aromatic carbocycles. The van der Waals surface area contributed by atoms with Crippen LogP contribution in [0.2, 0.25) is 0 Å². The molecule has 0 fully saturated rings. The van der Waals surface area contributed by atoms with Crippen LogP contribution in [0.15, 0.2) is 6.07 Å². The number of hydrogen-bond donors (Lipinski definition) is 2. The number of anilines is 1. The van der Waals surface area contributed by atoms with Crippen LogP contribution in [0.1, 0.15) is 56.9 Å². The molecule has 2 aromatic rings. The van der Waals surface area contributed by atoms with Gasteiger partial charge >= 0.3 is 0 Å². The Labute approximate surface area is 163 Å².